The van der Waals surface area contributed by atoms with Crippen molar-refractivity contribution in [3.05, 3.63) is 131 Å². The maximum absolute atomic E-state index is 15.2. The molecule has 0 radical (unpaired) electrons. The molecule has 0 aromatic heterocycles. The molecule has 1 heterocycles. The van der Waals surface area contributed by atoms with E-state index in [1.54, 1.807) is 81.5 Å². The van der Waals surface area contributed by atoms with Gasteiger partial charge in [-0.2, -0.15) is 26.3 Å². The first-order valence-corrected chi connectivity index (χ1v) is 19.9. The molecule has 5 N–H and O–H groups in total. The van der Waals surface area contributed by atoms with Crippen LogP contribution in [0.4, 0.5) is 37.7 Å². The van der Waals surface area contributed by atoms with Crippen molar-refractivity contribution in [3.63, 3.8) is 0 Å². The number of carbonyl (C=O) groups is 3. The molecule has 64 heavy (non-hydrogen) atoms. The van der Waals surface area contributed by atoms with E-state index in [9.17, 15) is 24.6 Å². The number of para-hydroxylation sites is 2. The van der Waals surface area contributed by atoms with Gasteiger partial charge in [-0.15, -0.1) is 0 Å². The molecule has 0 saturated heterocycles. The van der Waals surface area contributed by atoms with Crippen LogP contribution in [0.1, 0.15) is 66.5 Å². The standard InChI is InChI=1S/C47H41F6N3O8/c1-24(2)62-39-31-22-27-14-6-8-16-29(27)37(39)38-30-17-9-7-15-28(30)23-32(40(38)63-25(3)4)42(58)55-36-21-13-11-19-34(36)45(61,47(51,52)53)64-43(59)26(5)56-44(60,46(48,49)50)33-18-10-12-20-35(33)54-41(31)57/h6-26,56,60-61H,1-5H3,(H,54,57)(H,55,58)/t26-,44?,45?/m0/s1. The summed E-state index contributed by atoms with van der Waals surface area (Å²) in [6.07, 6.45) is -12.9. The van der Waals surface area contributed by atoms with Crippen LogP contribution in [0.3, 0.4) is 0 Å². The lowest BCUT2D eigenvalue weighted by Gasteiger charge is -2.36. The molecule has 0 saturated carbocycles. The van der Waals surface area contributed by atoms with E-state index >= 15 is 26.3 Å². The normalized spacial score (nSPS) is 20.0. The van der Waals surface area contributed by atoms with Crippen molar-refractivity contribution < 1.29 is 65.1 Å². The number of halogens is 6. The molecule has 1 aliphatic heterocycles. The summed E-state index contributed by atoms with van der Waals surface area (Å²) in [6, 6.07) is 22.1. The lowest BCUT2D eigenvalue weighted by Crippen LogP contribution is -2.60. The number of esters is 1. The van der Waals surface area contributed by atoms with Crippen LogP contribution in [-0.4, -0.2) is 58.6 Å². The Labute approximate surface area is 361 Å². The van der Waals surface area contributed by atoms with E-state index in [2.05, 4.69) is 15.4 Å². The Hall–Kier alpha value is -6.69. The molecule has 3 atom stereocenters. The second-order valence-electron chi connectivity index (χ2n) is 15.7. The van der Waals surface area contributed by atoms with Crippen molar-refractivity contribution in [1.82, 2.24) is 5.32 Å². The third-order valence-electron chi connectivity index (χ3n) is 10.4. The molecule has 4 bridgehead atoms. The van der Waals surface area contributed by atoms with Gasteiger partial charge in [0.1, 0.15) is 17.5 Å². The molecule has 7 rings (SSSR count). The number of rotatable bonds is 4. The van der Waals surface area contributed by atoms with E-state index in [1.807, 2.05) is 0 Å². The predicted molar refractivity (Wildman–Crippen MR) is 226 cm³/mol. The zero-order chi connectivity index (χ0) is 46.5. The molecular weight excluding hydrogens is 849 g/mol. The number of alkyl halides is 6. The monoisotopic (exact) mass is 889 g/mol. The topological polar surface area (TPSA) is 155 Å². The second-order valence-corrected chi connectivity index (χ2v) is 15.7. The van der Waals surface area contributed by atoms with Crippen LogP contribution in [0, 0.1) is 0 Å². The summed E-state index contributed by atoms with van der Waals surface area (Å²) in [6.45, 7) is 7.35. The highest BCUT2D eigenvalue weighted by atomic mass is 19.4. The summed E-state index contributed by atoms with van der Waals surface area (Å²) in [5.74, 6) is -8.99. The maximum Gasteiger partial charge on any atom is 0.460 e. The molecule has 0 fully saturated rings. The molecule has 2 amide bonds. The van der Waals surface area contributed by atoms with Crippen LogP contribution >= 0.6 is 0 Å². The number of ether oxygens (including phenoxy) is 3. The van der Waals surface area contributed by atoms with Crippen LogP contribution in [0.5, 0.6) is 11.5 Å². The first kappa shape index (κ1) is 45.3. The Kier molecular flexibility index (Phi) is 11.9. The van der Waals surface area contributed by atoms with Gasteiger partial charge < -0.3 is 35.1 Å². The van der Waals surface area contributed by atoms with Gasteiger partial charge in [-0.1, -0.05) is 78.9 Å². The summed E-state index contributed by atoms with van der Waals surface area (Å²) in [5.41, 5.74) is -7.89. The number of anilines is 2. The van der Waals surface area contributed by atoms with Crippen molar-refractivity contribution in [3.8, 4) is 22.6 Å². The Bertz CT molecular complexity index is 2810. The van der Waals surface area contributed by atoms with Gasteiger partial charge in [-0.25, -0.2) is 0 Å². The number of amides is 2. The fraction of sp³-hybridized carbons (Fsp3) is 0.255. The molecular formula is C47H41F6N3O8. The molecule has 0 spiro atoms. The van der Waals surface area contributed by atoms with E-state index in [1.165, 1.54) is 24.3 Å². The maximum atomic E-state index is 15.2. The fourth-order valence-electron chi connectivity index (χ4n) is 7.57. The minimum absolute atomic E-state index is 0.0874. The number of fused-ring (bicyclic) bond motifs is 11. The number of hydrogen-bond acceptors (Lipinski definition) is 9. The van der Waals surface area contributed by atoms with Crippen LogP contribution in [0.2, 0.25) is 0 Å². The first-order valence-electron chi connectivity index (χ1n) is 19.9. The van der Waals surface area contributed by atoms with Crippen LogP contribution in [0.15, 0.2) is 109 Å². The number of cyclic esters (lactones) is 1. The highest BCUT2D eigenvalue weighted by molar-refractivity contribution is 6.19. The van der Waals surface area contributed by atoms with Crippen molar-refractivity contribution in [2.45, 2.75) is 76.7 Å². The lowest BCUT2D eigenvalue weighted by molar-refractivity contribution is -0.361. The summed E-state index contributed by atoms with van der Waals surface area (Å²) in [7, 11) is 0. The van der Waals surface area contributed by atoms with E-state index < -0.39 is 82.4 Å². The molecule has 1 aliphatic rings. The lowest BCUT2D eigenvalue weighted by atomic mass is 9.88. The molecule has 2 unspecified atom stereocenters. The average molecular weight is 890 g/mol. The van der Waals surface area contributed by atoms with Crippen molar-refractivity contribution in [1.29, 1.82) is 0 Å². The van der Waals surface area contributed by atoms with Gasteiger partial charge in [0.05, 0.1) is 34.6 Å². The number of aliphatic hydroxyl groups is 2. The fourth-order valence-corrected chi connectivity index (χ4v) is 7.57. The molecule has 6 aromatic rings. The van der Waals surface area contributed by atoms with Crippen molar-refractivity contribution in [2.75, 3.05) is 10.6 Å². The van der Waals surface area contributed by atoms with E-state index in [-0.39, 0.29) is 33.8 Å². The van der Waals surface area contributed by atoms with Gasteiger partial charge in [0.25, 0.3) is 11.8 Å². The molecule has 0 aliphatic carbocycles. The van der Waals surface area contributed by atoms with E-state index in [0.717, 1.165) is 30.3 Å². The molecule has 17 heteroatoms. The Morgan fingerprint density at radius 3 is 1.45 bits per heavy atom. The predicted octanol–water partition coefficient (Wildman–Crippen LogP) is 9.69. The highest BCUT2D eigenvalue weighted by Crippen LogP contribution is 2.50. The zero-order valence-corrected chi connectivity index (χ0v) is 34.7. The van der Waals surface area contributed by atoms with Crippen molar-refractivity contribution >= 4 is 50.7 Å². The second kappa shape index (κ2) is 16.8. The van der Waals surface area contributed by atoms with Gasteiger partial charge >= 0.3 is 24.1 Å². The zero-order valence-electron chi connectivity index (χ0n) is 34.7. The quantitative estimate of drug-likeness (QED) is 0.0860. The van der Waals surface area contributed by atoms with Crippen LogP contribution < -0.4 is 25.4 Å². The SMILES string of the molecule is CC(C)Oc1c2cc3ccccc3c1-c1c(OC(C)C)c(cc3ccccc13)C(=O)Nc1ccccc1C(O)(C(F)(F)F)OC(=O)[C@H](C)NC(O)(C(F)(F)F)c1ccccc1NC2=O. The minimum atomic E-state index is -5.88. The van der Waals surface area contributed by atoms with Crippen LogP contribution in [-0.2, 0) is 21.0 Å². The largest absolute Gasteiger partial charge is 0.489 e. The van der Waals surface area contributed by atoms with Gasteiger partial charge in [0.15, 0.2) is 0 Å². The van der Waals surface area contributed by atoms with Gasteiger partial charge in [0, 0.05) is 22.4 Å². The van der Waals surface area contributed by atoms with Gasteiger partial charge in [0.2, 0.25) is 5.72 Å². The molecule has 11 nitrogen and oxygen atoms in total. The third kappa shape index (κ3) is 8.17. The minimum Gasteiger partial charge on any atom is -0.489 e. The van der Waals surface area contributed by atoms with E-state index in [4.69, 9.17) is 9.47 Å². The molecule has 6 aromatic carbocycles. The Morgan fingerprint density at radius 2 is 1.02 bits per heavy atom. The Morgan fingerprint density at radius 1 is 0.609 bits per heavy atom. The van der Waals surface area contributed by atoms with Crippen LogP contribution in [0.25, 0.3) is 32.7 Å². The van der Waals surface area contributed by atoms with Crippen molar-refractivity contribution in [2.24, 2.45) is 0 Å². The van der Waals surface area contributed by atoms with Gasteiger partial charge in [-0.05, 0) is 86.5 Å². The highest BCUT2D eigenvalue weighted by Gasteiger charge is 2.62. The number of benzene rings is 6. The summed E-state index contributed by atoms with van der Waals surface area (Å²) < 4.78 is 108. The third-order valence-corrected chi connectivity index (χ3v) is 10.4. The average Bonchev–Trinajstić information content (AvgIpc) is 3.22. The summed E-state index contributed by atoms with van der Waals surface area (Å²) >= 11 is 0. The number of hydrogen-bond donors (Lipinski definition) is 5. The number of carbonyl (C=O) groups excluding carboxylic acids is 3. The summed E-state index contributed by atoms with van der Waals surface area (Å²) in [5, 5.41) is 31.2. The smallest absolute Gasteiger partial charge is 0.460 e. The molecule has 334 valence electrons. The summed E-state index contributed by atoms with van der Waals surface area (Å²) in [4.78, 5) is 43.0. The van der Waals surface area contributed by atoms with Gasteiger partial charge in [-0.3, -0.25) is 19.7 Å². The first-order chi connectivity index (χ1) is 30.1. The Balaban J connectivity index is 1.64. The van der Waals surface area contributed by atoms with E-state index in [0.29, 0.717) is 34.5 Å². The number of nitrogens with one attached hydrogen (secondary N) is 3.